The Morgan fingerprint density at radius 1 is 0.973 bits per heavy atom. The van der Waals surface area contributed by atoms with Crippen molar-refractivity contribution >= 4 is 27.5 Å². The number of aryl methyl sites for hydroxylation is 2. The lowest BCUT2D eigenvalue weighted by molar-refractivity contribution is -0.141. The first-order valence-corrected chi connectivity index (χ1v) is 15.1. The molecule has 2 aromatic carbocycles. The topological polar surface area (TPSA) is 86.8 Å². The Kier molecular flexibility index (Phi) is 12.1. The van der Waals surface area contributed by atoms with Crippen LogP contribution >= 0.6 is 0 Å². The van der Waals surface area contributed by atoms with Crippen molar-refractivity contribution in [3.05, 3.63) is 65.2 Å². The number of unbranched alkanes of at least 4 members (excludes halogenated alkanes) is 1. The molecule has 0 saturated carbocycles. The molecule has 0 aliphatic rings. The van der Waals surface area contributed by atoms with Crippen LogP contribution in [0.15, 0.2) is 48.5 Å². The van der Waals surface area contributed by atoms with Gasteiger partial charge in [-0.1, -0.05) is 63.6 Å². The number of hydrogen-bond donors (Lipinski definition) is 1. The summed E-state index contributed by atoms with van der Waals surface area (Å²) in [5.41, 5.74) is 3.76. The van der Waals surface area contributed by atoms with E-state index in [-0.39, 0.29) is 24.8 Å². The Morgan fingerprint density at radius 3 is 2.22 bits per heavy atom. The fourth-order valence-electron chi connectivity index (χ4n) is 4.30. The molecule has 0 aliphatic carbocycles. The molecule has 0 radical (unpaired) electrons. The number of nitrogens with one attached hydrogen (secondary N) is 1. The molecule has 37 heavy (non-hydrogen) atoms. The number of nitrogens with zero attached hydrogens (tertiary/aromatic N) is 2. The summed E-state index contributed by atoms with van der Waals surface area (Å²) in [6.45, 7) is 9.12. The molecule has 0 heterocycles. The monoisotopic (exact) mass is 529 g/mol. The van der Waals surface area contributed by atoms with E-state index in [0.29, 0.717) is 31.6 Å². The Balaban J connectivity index is 2.20. The number of benzene rings is 2. The predicted octanol–water partition coefficient (Wildman–Crippen LogP) is 4.83. The largest absolute Gasteiger partial charge is 0.354 e. The summed E-state index contributed by atoms with van der Waals surface area (Å²) in [5.74, 6) is -0.304. The molecule has 0 unspecified atom stereocenters. The van der Waals surface area contributed by atoms with Crippen molar-refractivity contribution < 1.29 is 18.0 Å². The molecule has 204 valence electrons. The third-order valence-corrected chi connectivity index (χ3v) is 7.80. The zero-order chi connectivity index (χ0) is 27.4. The predicted molar refractivity (Wildman–Crippen MR) is 151 cm³/mol. The quantitative estimate of drug-likeness (QED) is 0.335. The number of anilines is 1. The fraction of sp³-hybridized carbons (Fsp3) is 0.517. The molecular weight excluding hydrogens is 486 g/mol. The summed E-state index contributed by atoms with van der Waals surface area (Å²) in [4.78, 5) is 28.2. The van der Waals surface area contributed by atoms with Crippen LogP contribution in [0.3, 0.4) is 0 Å². The lowest BCUT2D eigenvalue weighted by Crippen LogP contribution is -2.49. The van der Waals surface area contributed by atoms with Gasteiger partial charge in [0.25, 0.3) is 0 Å². The molecule has 2 rings (SSSR count). The highest BCUT2D eigenvalue weighted by molar-refractivity contribution is 7.92. The Labute approximate surface area is 223 Å². The van der Waals surface area contributed by atoms with Crippen molar-refractivity contribution in [2.45, 2.75) is 78.8 Å². The SMILES string of the molecule is CCCCNC(=O)[C@@H](CC)N(Cc1ccccc1C)C(=O)CCCN(c1ccc(CC)cc1)S(C)(=O)=O. The first-order valence-electron chi connectivity index (χ1n) is 13.3. The van der Waals surface area contributed by atoms with E-state index < -0.39 is 16.1 Å². The maximum absolute atomic E-state index is 13.5. The smallest absolute Gasteiger partial charge is 0.242 e. The molecule has 0 aliphatic heterocycles. The second-order valence-electron chi connectivity index (χ2n) is 9.48. The van der Waals surface area contributed by atoms with Gasteiger partial charge in [-0.05, 0) is 61.4 Å². The van der Waals surface area contributed by atoms with Crippen LogP contribution in [0.25, 0.3) is 0 Å². The van der Waals surface area contributed by atoms with E-state index in [1.165, 1.54) is 10.6 Å². The molecule has 1 atom stereocenters. The highest BCUT2D eigenvalue weighted by Crippen LogP contribution is 2.21. The van der Waals surface area contributed by atoms with Crippen LogP contribution in [-0.4, -0.2) is 50.5 Å². The number of hydrogen-bond acceptors (Lipinski definition) is 4. The Morgan fingerprint density at radius 2 is 1.65 bits per heavy atom. The maximum atomic E-state index is 13.5. The van der Waals surface area contributed by atoms with E-state index in [2.05, 4.69) is 12.2 Å². The highest BCUT2D eigenvalue weighted by atomic mass is 32.2. The van der Waals surface area contributed by atoms with Gasteiger partial charge in [0.05, 0.1) is 11.9 Å². The third-order valence-electron chi connectivity index (χ3n) is 6.60. The van der Waals surface area contributed by atoms with Gasteiger partial charge in [0.1, 0.15) is 6.04 Å². The lowest BCUT2D eigenvalue weighted by Gasteiger charge is -2.31. The molecule has 0 bridgehead atoms. The van der Waals surface area contributed by atoms with Gasteiger partial charge < -0.3 is 10.2 Å². The zero-order valence-electron chi connectivity index (χ0n) is 23.0. The molecule has 0 fully saturated rings. The second kappa shape index (κ2) is 14.8. The summed E-state index contributed by atoms with van der Waals surface area (Å²) in [6, 6.07) is 14.7. The van der Waals surface area contributed by atoms with Gasteiger partial charge in [0, 0.05) is 26.1 Å². The average Bonchev–Trinajstić information content (AvgIpc) is 2.87. The summed E-state index contributed by atoms with van der Waals surface area (Å²) in [5, 5.41) is 2.97. The molecule has 1 N–H and O–H groups in total. The Hall–Kier alpha value is -2.87. The van der Waals surface area contributed by atoms with Gasteiger partial charge in [-0.3, -0.25) is 13.9 Å². The van der Waals surface area contributed by atoms with Crippen LogP contribution < -0.4 is 9.62 Å². The van der Waals surface area contributed by atoms with Gasteiger partial charge in [0.15, 0.2) is 0 Å². The molecule has 0 saturated heterocycles. The summed E-state index contributed by atoms with van der Waals surface area (Å²) < 4.78 is 26.4. The normalized spacial score (nSPS) is 12.1. The molecule has 0 aromatic heterocycles. The Bertz CT molecular complexity index is 1120. The third kappa shape index (κ3) is 9.18. The van der Waals surface area contributed by atoms with E-state index in [0.717, 1.165) is 36.0 Å². The molecular formula is C29H43N3O4S. The zero-order valence-corrected chi connectivity index (χ0v) is 23.8. The van der Waals surface area contributed by atoms with E-state index in [9.17, 15) is 18.0 Å². The van der Waals surface area contributed by atoms with Crippen LogP contribution in [0.5, 0.6) is 0 Å². The minimum absolute atomic E-state index is 0.143. The number of carbonyl (C=O) groups is 2. The highest BCUT2D eigenvalue weighted by Gasteiger charge is 2.29. The number of rotatable bonds is 15. The van der Waals surface area contributed by atoms with E-state index in [1.807, 2.05) is 57.2 Å². The first kappa shape index (κ1) is 30.4. The summed E-state index contributed by atoms with van der Waals surface area (Å²) >= 11 is 0. The van der Waals surface area contributed by atoms with Crippen molar-refractivity contribution in [2.24, 2.45) is 0 Å². The van der Waals surface area contributed by atoms with Gasteiger partial charge in [-0.25, -0.2) is 8.42 Å². The molecule has 2 amide bonds. The summed E-state index contributed by atoms with van der Waals surface area (Å²) in [7, 11) is -3.51. The van der Waals surface area contributed by atoms with Gasteiger partial charge in [-0.2, -0.15) is 0 Å². The standard InChI is InChI=1S/C29H43N3O4S/c1-6-9-20-30-29(34)27(8-3)31(22-25-14-11-10-13-23(25)4)28(33)15-12-21-32(37(5,35)36)26-18-16-24(7-2)17-19-26/h10-11,13-14,16-19,27H,6-9,12,15,20-22H2,1-5H3,(H,30,34)/t27-/m1/s1. The molecule has 0 spiro atoms. The van der Waals surface area contributed by atoms with Gasteiger partial charge in [0.2, 0.25) is 21.8 Å². The van der Waals surface area contributed by atoms with Crippen LogP contribution in [0, 0.1) is 6.92 Å². The van der Waals surface area contributed by atoms with E-state index in [1.54, 1.807) is 17.0 Å². The van der Waals surface area contributed by atoms with Crippen LogP contribution in [-0.2, 0) is 32.6 Å². The van der Waals surface area contributed by atoms with Crippen molar-refractivity contribution in [2.75, 3.05) is 23.7 Å². The first-order chi connectivity index (χ1) is 17.6. The fourth-order valence-corrected chi connectivity index (χ4v) is 5.26. The van der Waals surface area contributed by atoms with Gasteiger partial charge >= 0.3 is 0 Å². The van der Waals surface area contributed by atoms with Crippen molar-refractivity contribution in [3.8, 4) is 0 Å². The minimum Gasteiger partial charge on any atom is -0.354 e. The molecule has 7 nitrogen and oxygen atoms in total. The van der Waals surface area contributed by atoms with Crippen LogP contribution in [0.1, 0.15) is 69.6 Å². The van der Waals surface area contributed by atoms with E-state index in [4.69, 9.17) is 0 Å². The molecule has 8 heteroatoms. The van der Waals surface area contributed by atoms with Crippen molar-refractivity contribution in [3.63, 3.8) is 0 Å². The lowest BCUT2D eigenvalue weighted by atomic mass is 10.1. The molecule has 2 aromatic rings. The van der Waals surface area contributed by atoms with Crippen LogP contribution in [0.2, 0.25) is 0 Å². The maximum Gasteiger partial charge on any atom is 0.242 e. The summed E-state index contributed by atoms with van der Waals surface area (Å²) in [6.07, 6.45) is 4.89. The second-order valence-corrected chi connectivity index (χ2v) is 11.4. The number of sulfonamides is 1. The average molecular weight is 530 g/mol. The van der Waals surface area contributed by atoms with E-state index >= 15 is 0 Å². The van der Waals surface area contributed by atoms with Gasteiger partial charge in [-0.15, -0.1) is 0 Å². The number of carbonyl (C=O) groups excluding carboxylic acids is 2. The van der Waals surface area contributed by atoms with Crippen LogP contribution in [0.4, 0.5) is 5.69 Å². The van der Waals surface area contributed by atoms with Crippen molar-refractivity contribution in [1.82, 2.24) is 10.2 Å². The number of amides is 2. The minimum atomic E-state index is -3.51. The van der Waals surface area contributed by atoms with Crippen molar-refractivity contribution in [1.29, 1.82) is 0 Å².